The van der Waals surface area contributed by atoms with Crippen LogP contribution in [-0.4, -0.2) is 13.1 Å². The topological polar surface area (TPSA) is 52.3 Å². The molecule has 3 heteroatoms. The second-order valence-electron chi connectivity index (χ2n) is 4.97. The smallest absolute Gasteiger partial charge is 0.293 e. The van der Waals surface area contributed by atoms with E-state index in [4.69, 9.17) is 5.73 Å². The third-order valence-corrected chi connectivity index (χ3v) is 2.76. The Morgan fingerprint density at radius 1 is 1.39 bits per heavy atom. The Balaban J connectivity index is 0.000000280. The highest BCUT2D eigenvalue weighted by atomic mass is 16.5. The molecule has 1 aliphatic carbocycles. The Hall–Kier alpha value is -1.77. The van der Waals surface area contributed by atoms with E-state index in [1.807, 2.05) is 6.07 Å². The monoisotopic (exact) mass is 247 g/mol. The van der Waals surface area contributed by atoms with E-state index < -0.39 is 0 Å². The molecule has 2 rings (SSSR count). The van der Waals surface area contributed by atoms with Gasteiger partial charge in [-0.05, 0) is 24.3 Å². The van der Waals surface area contributed by atoms with Crippen LogP contribution >= 0.6 is 0 Å². The standard InChI is InChI=1S/C12H15N.C3H6O2/c1-12(2)7-9-5-3-4-6-10(9)11(13)8-12;1-2-5-3-4/h3-6,8H,7,13H2,1-2H3;3H,2H2,1H3. The van der Waals surface area contributed by atoms with Crippen molar-refractivity contribution >= 4 is 12.2 Å². The zero-order valence-electron chi connectivity index (χ0n) is 11.3. The van der Waals surface area contributed by atoms with Crippen molar-refractivity contribution in [3.05, 3.63) is 41.5 Å². The van der Waals surface area contributed by atoms with Crippen LogP contribution in [0.2, 0.25) is 0 Å². The molecule has 0 aliphatic heterocycles. The molecule has 0 spiro atoms. The third-order valence-electron chi connectivity index (χ3n) is 2.76. The van der Waals surface area contributed by atoms with Crippen LogP contribution in [0.1, 0.15) is 31.9 Å². The van der Waals surface area contributed by atoms with E-state index in [1.165, 1.54) is 11.1 Å². The van der Waals surface area contributed by atoms with Gasteiger partial charge >= 0.3 is 0 Å². The summed E-state index contributed by atoms with van der Waals surface area (Å²) in [6.07, 6.45) is 3.25. The van der Waals surface area contributed by atoms with Crippen molar-refractivity contribution in [2.75, 3.05) is 6.61 Å². The minimum absolute atomic E-state index is 0.207. The van der Waals surface area contributed by atoms with Crippen LogP contribution in [-0.2, 0) is 16.0 Å². The maximum atomic E-state index is 9.18. The van der Waals surface area contributed by atoms with Crippen molar-refractivity contribution in [1.29, 1.82) is 0 Å². The van der Waals surface area contributed by atoms with Crippen LogP contribution in [0.4, 0.5) is 0 Å². The predicted molar refractivity (Wildman–Crippen MR) is 73.8 cm³/mol. The van der Waals surface area contributed by atoms with Crippen LogP contribution < -0.4 is 5.73 Å². The molecule has 0 saturated heterocycles. The van der Waals surface area contributed by atoms with Gasteiger partial charge in [-0.2, -0.15) is 0 Å². The molecule has 1 aliphatic rings. The van der Waals surface area contributed by atoms with Gasteiger partial charge < -0.3 is 10.5 Å². The normalized spacial score (nSPS) is 15.6. The van der Waals surface area contributed by atoms with Gasteiger partial charge in [0.05, 0.1) is 6.61 Å². The summed E-state index contributed by atoms with van der Waals surface area (Å²) in [5, 5.41) is 0. The zero-order valence-corrected chi connectivity index (χ0v) is 11.3. The first-order valence-corrected chi connectivity index (χ1v) is 6.12. The van der Waals surface area contributed by atoms with Gasteiger partial charge in [-0.3, -0.25) is 4.79 Å². The Kier molecular flexibility index (Phi) is 4.95. The van der Waals surface area contributed by atoms with Crippen molar-refractivity contribution in [3.8, 4) is 0 Å². The summed E-state index contributed by atoms with van der Waals surface area (Å²) in [7, 11) is 0. The van der Waals surface area contributed by atoms with Crippen molar-refractivity contribution in [2.45, 2.75) is 27.2 Å². The van der Waals surface area contributed by atoms with E-state index in [9.17, 15) is 4.79 Å². The summed E-state index contributed by atoms with van der Waals surface area (Å²) < 4.78 is 4.15. The molecule has 0 radical (unpaired) electrons. The van der Waals surface area contributed by atoms with E-state index in [-0.39, 0.29) is 5.41 Å². The number of nitrogens with two attached hydrogens (primary N) is 1. The largest absolute Gasteiger partial charge is 0.468 e. The lowest BCUT2D eigenvalue weighted by Gasteiger charge is -2.28. The molecule has 0 heterocycles. The van der Waals surface area contributed by atoms with Gasteiger partial charge in [0.25, 0.3) is 6.47 Å². The highest BCUT2D eigenvalue weighted by Crippen LogP contribution is 2.33. The van der Waals surface area contributed by atoms with E-state index in [2.05, 4.69) is 42.9 Å². The molecular formula is C15H21NO2. The Bertz CT molecular complexity index is 436. The van der Waals surface area contributed by atoms with Crippen molar-refractivity contribution in [1.82, 2.24) is 0 Å². The van der Waals surface area contributed by atoms with E-state index in [0.29, 0.717) is 13.1 Å². The number of hydrogen-bond acceptors (Lipinski definition) is 3. The molecule has 0 amide bonds. The summed E-state index contributed by atoms with van der Waals surface area (Å²) in [5.41, 5.74) is 9.69. The highest BCUT2D eigenvalue weighted by molar-refractivity contribution is 5.68. The Morgan fingerprint density at radius 3 is 2.61 bits per heavy atom. The quantitative estimate of drug-likeness (QED) is 0.817. The van der Waals surface area contributed by atoms with Crippen LogP contribution in [0.25, 0.3) is 5.70 Å². The van der Waals surface area contributed by atoms with E-state index >= 15 is 0 Å². The molecule has 2 N–H and O–H groups in total. The number of hydrogen-bond donors (Lipinski definition) is 1. The molecule has 0 atom stereocenters. The molecule has 0 saturated carbocycles. The third kappa shape index (κ3) is 3.91. The maximum absolute atomic E-state index is 9.18. The molecule has 0 fully saturated rings. The van der Waals surface area contributed by atoms with Gasteiger partial charge in [-0.1, -0.05) is 44.2 Å². The Morgan fingerprint density at radius 2 is 2.06 bits per heavy atom. The molecule has 18 heavy (non-hydrogen) atoms. The molecule has 0 aromatic heterocycles. The Labute approximate surface area is 109 Å². The van der Waals surface area contributed by atoms with Crippen molar-refractivity contribution in [3.63, 3.8) is 0 Å². The van der Waals surface area contributed by atoms with Crippen molar-refractivity contribution in [2.24, 2.45) is 11.1 Å². The van der Waals surface area contributed by atoms with Gasteiger partial charge in [-0.15, -0.1) is 0 Å². The van der Waals surface area contributed by atoms with E-state index in [0.717, 1.165) is 12.1 Å². The number of carbonyl (C=O) groups excluding carboxylic acids is 1. The molecule has 1 aromatic carbocycles. The van der Waals surface area contributed by atoms with Gasteiger partial charge in [0, 0.05) is 11.3 Å². The highest BCUT2D eigenvalue weighted by Gasteiger charge is 2.23. The molecular weight excluding hydrogens is 226 g/mol. The summed E-state index contributed by atoms with van der Waals surface area (Å²) in [5.74, 6) is 0. The first-order valence-electron chi connectivity index (χ1n) is 6.12. The molecule has 0 bridgehead atoms. The first-order chi connectivity index (χ1) is 8.50. The fraction of sp³-hybridized carbons (Fsp3) is 0.400. The second kappa shape index (κ2) is 6.24. The molecule has 0 unspecified atom stereocenters. The predicted octanol–water partition coefficient (Wildman–Crippen LogP) is 2.75. The second-order valence-corrected chi connectivity index (χ2v) is 4.97. The van der Waals surface area contributed by atoms with Crippen LogP contribution in [0.15, 0.2) is 30.3 Å². The number of ether oxygens (including phenoxy) is 1. The maximum Gasteiger partial charge on any atom is 0.293 e. The SMILES string of the molecule is CC1(C)C=C(N)c2ccccc2C1.CCOC=O. The molecule has 98 valence electrons. The summed E-state index contributed by atoms with van der Waals surface area (Å²) in [6, 6.07) is 8.37. The summed E-state index contributed by atoms with van der Waals surface area (Å²) in [4.78, 5) is 9.18. The van der Waals surface area contributed by atoms with Crippen molar-refractivity contribution < 1.29 is 9.53 Å². The van der Waals surface area contributed by atoms with Gasteiger partial charge in [0.1, 0.15) is 0 Å². The lowest BCUT2D eigenvalue weighted by Crippen LogP contribution is -2.20. The minimum atomic E-state index is 0.207. The minimum Gasteiger partial charge on any atom is -0.468 e. The molecule has 3 nitrogen and oxygen atoms in total. The van der Waals surface area contributed by atoms with Gasteiger partial charge in [0.2, 0.25) is 0 Å². The van der Waals surface area contributed by atoms with E-state index in [1.54, 1.807) is 6.92 Å². The fourth-order valence-corrected chi connectivity index (χ4v) is 2.06. The number of fused-ring (bicyclic) bond motifs is 1. The summed E-state index contributed by atoms with van der Waals surface area (Å²) >= 11 is 0. The fourth-order valence-electron chi connectivity index (χ4n) is 2.06. The number of carbonyl (C=O) groups is 1. The number of rotatable bonds is 2. The number of allylic oxidation sites excluding steroid dienone is 1. The average Bonchev–Trinajstić information content (AvgIpc) is 2.29. The van der Waals surface area contributed by atoms with Crippen LogP contribution in [0, 0.1) is 5.41 Å². The summed E-state index contributed by atoms with van der Waals surface area (Å²) in [6.45, 7) is 7.10. The first kappa shape index (κ1) is 14.3. The number of benzene rings is 1. The van der Waals surface area contributed by atoms with Crippen LogP contribution in [0.5, 0.6) is 0 Å². The van der Waals surface area contributed by atoms with Gasteiger partial charge in [-0.25, -0.2) is 0 Å². The lowest BCUT2D eigenvalue weighted by atomic mass is 9.78. The zero-order chi connectivity index (χ0) is 13.6. The van der Waals surface area contributed by atoms with Crippen LogP contribution in [0.3, 0.4) is 0 Å². The average molecular weight is 247 g/mol. The molecule has 1 aromatic rings. The lowest BCUT2D eigenvalue weighted by molar-refractivity contribution is -0.128. The van der Waals surface area contributed by atoms with Gasteiger partial charge in [0.15, 0.2) is 0 Å².